The topological polar surface area (TPSA) is 78.6 Å². The van der Waals surface area contributed by atoms with Crippen molar-refractivity contribution in [2.75, 3.05) is 7.11 Å². The lowest BCUT2D eigenvalue weighted by atomic mass is 9.77. The Kier molecular flexibility index (Phi) is 8.60. The van der Waals surface area contributed by atoms with Gasteiger partial charge in [0.25, 0.3) is 0 Å². The molecule has 4 atom stereocenters. The highest BCUT2D eigenvalue weighted by molar-refractivity contribution is 5.77. The van der Waals surface area contributed by atoms with E-state index in [0.717, 1.165) is 44.1 Å². The Morgan fingerprint density at radius 2 is 1.85 bits per heavy atom. The number of hydrogen-bond acceptors (Lipinski definition) is 5. The highest BCUT2D eigenvalue weighted by Gasteiger charge is 2.34. The van der Waals surface area contributed by atoms with Gasteiger partial charge in [0, 0.05) is 6.04 Å². The maximum Gasteiger partial charge on any atom is 0.313 e. The van der Waals surface area contributed by atoms with Gasteiger partial charge in [-0.2, -0.15) is 0 Å². The molecule has 2 N–H and O–H groups in total. The minimum absolute atomic E-state index is 0.0540. The van der Waals surface area contributed by atoms with Crippen molar-refractivity contribution < 1.29 is 19.1 Å². The van der Waals surface area contributed by atoms with Gasteiger partial charge in [-0.05, 0) is 95.5 Å². The molecule has 3 aliphatic carbocycles. The third-order valence-electron chi connectivity index (χ3n) is 7.33. The molecule has 3 aliphatic rings. The zero-order chi connectivity index (χ0) is 24.2. The maximum absolute atomic E-state index is 12.4. The monoisotopic (exact) mass is 457 g/mol. The fourth-order valence-electron chi connectivity index (χ4n) is 5.22. The molecule has 4 unspecified atom stereocenters. The van der Waals surface area contributed by atoms with E-state index < -0.39 is 5.60 Å². The molecule has 0 aromatic rings. The quantitative estimate of drug-likeness (QED) is 0.358. The van der Waals surface area contributed by atoms with Gasteiger partial charge in [-0.3, -0.25) is 9.59 Å². The molecule has 0 aromatic carbocycles. The molecule has 0 radical (unpaired) electrons. The first kappa shape index (κ1) is 25.7. The summed E-state index contributed by atoms with van der Waals surface area (Å²) in [5.74, 6) is 1.21. The van der Waals surface area contributed by atoms with Crippen LogP contribution in [0.5, 0.6) is 0 Å². The molecule has 5 heteroatoms. The minimum atomic E-state index is -0.479. The standard InChI is InChI=1S/C28H43NO4/c1-18(21-13-14-25(29)23(15-21)17-26(30)33-28(2,3)4)7-6-8-20-11-12-22(19-9-10-19)16-24(20)27(31)32-5/h11-12,15,18-19,21,24-25H,6-10,13-14,16-17,29H2,1-5H3. The fourth-order valence-corrected chi connectivity index (χ4v) is 5.22. The SMILES string of the molecule is COC(=O)C1CC(C2CC2)=CC=C1CCCC(C)C1C=C(CC(=O)OC(C)(C)C)C(N)CC1. The van der Waals surface area contributed by atoms with Crippen LogP contribution in [0.2, 0.25) is 0 Å². The molecule has 184 valence electrons. The largest absolute Gasteiger partial charge is 0.469 e. The summed E-state index contributed by atoms with van der Waals surface area (Å²) in [7, 11) is 1.49. The second-order valence-corrected chi connectivity index (χ2v) is 11.3. The number of esters is 2. The average Bonchev–Trinajstić information content (AvgIpc) is 3.59. The molecule has 0 heterocycles. The van der Waals surface area contributed by atoms with Crippen LogP contribution in [-0.4, -0.2) is 30.7 Å². The van der Waals surface area contributed by atoms with E-state index in [1.165, 1.54) is 31.1 Å². The van der Waals surface area contributed by atoms with Gasteiger partial charge in [0.05, 0.1) is 19.4 Å². The summed E-state index contributed by atoms with van der Waals surface area (Å²) in [5, 5.41) is 0. The molecule has 0 bridgehead atoms. The Labute approximate surface area is 199 Å². The van der Waals surface area contributed by atoms with Crippen LogP contribution >= 0.6 is 0 Å². The molecule has 5 nitrogen and oxygen atoms in total. The lowest BCUT2D eigenvalue weighted by molar-refractivity contribution is -0.154. The van der Waals surface area contributed by atoms with Crippen LogP contribution in [0.1, 0.15) is 85.5 Å². The van der Waals surface area contributed by atoms with Gasteiger partial charge in [-0.1, -0.05) is 36.3 Å². The van der Waals surface area contributed by atoms with Gasteiger partial charge in [0.2, 0.25) is 0 Å². The molecule has 0 saturated heterocycles. The van der Waals surface area contributed by atoms with Gasteiger partial charge in [-0.25, -0.2) is 0 Å². The number of carbonyl (C=O) groups excluding carboxylic acids is 2. The van der Waals surface area contributed by atoms with Gasteiger partial charge < -0.3 is 15.2 Å². The molecule has 33 heavy (non-hydrogen) atoms. The van der Waals surface area contributed by atoms with Crippen LogP contribution in [0.4, 0.5) is 0 Å². The molecule has 1 saturated carbocycles. The third-order valence-corrected chi connectivity index (χ3v) is 7.33. The zero-order valence-corrected chi connectivity index (χ0v) is 21.2. The number of methoxy groups -OCH3 is 1. The van der Waals surface area contributed by atoms with E-state index in [0.29, 0.717) is 17.8 Å². The first-order valence-electron chi connectivity index (χ1n) is 12.7. The van der Waals surface area contributed by atoms with Crippen molar-refractivity contribution >= 4 is 11.9 Å². The molecule has 0 aliphatic heterocycles. The summed E-state index contributed by atoms with van der Waals surface area (Å²) in [6, 6.07) is -0.0540. The number of carbonyl (C=O) groups is 2. The first-order valence-corrected chi connectivity index (χ1v) is 12.7. The molecular weight excluding hydrogens is 414 g/mol. The number of ether oxygens (including phenoxy) is 2. The lowest BCUT2D eigenvalue weighted by Gasteiger charge is -2.31. The lowest BCUT2D eigenvalue weighted by Crippen LogP contribution is -2.32. The molecule has 0 amide bonds. The number of rotatable bonds is 9. The van der Waals surface area contributed by atoms with E-state index in [9.17, 15) is 9.59 Å². The summed E-state index contributed by atoms with van der Waals surface area (Å²) < 4.78 is 10.6. The highest BCUT2D eigenvalue weighted by atomic mass is 16.6. The van der Waals surface area contributed by atoms with Crippen LogP contribution in [0.3, 0.4) is 0 Å². The van der Waals surface area contributed by atoms with Gasteiger partial charge in [-0.15, -0.1) is 0 Å². The van der Waals surface area contributed by atoms with Crippen LogP contribution in [0.15, 0.2) is 34.9 Å². The predicted molar refractivity (Wildman–Crippen MR) is 131 cm³/mol. The summed E-state index contributed by atoms with van der Waals surface area (Å²) >= 11 is 0. The van der Waals surface area contributed by atoms with E-state index in [4.69, 9.17) is 15.2 Å². The van der Waals surface area contributed by atoms with Crippen molar-refractivity contribution in [2.24, 2.45) is 29.4 Å². The second kappa shape index (κ2) is 11.0. The van der Waals surface area contributed by atoms with Gasteiger partial charge in [0.15, 0.2) is 0 Å². The van der Waals surface area contributed by atoms with Crippen molar-refractivity contribution in [3.05, 3.63) is 34.9 Å². The molecular formula is C28H43NO4. The minimum Gasteiger partial charge on any atom is -0.469 e. The van der Waals surface area contributed by atoms with Crippen LogP contribution in [0, 0.1) is 23.7 Å². The number of nitrogens with two attached hydrogens (primary N) is 1. The van der Waals surface area contributed by atoms with Crippen LogP contribution in [-0.2, 0) is 19.1 Å². The third kappa shape index (κ3) is 7.56. The molecule has 1 fully saturated rings. The zero-order valence-electron chi connectivity index (χ0n) is 21.2. The second-order valence-electron chi connectivity index (χ2n) is 11.3. The summed E-state index contributed by atoms with van der Waals surface area (Å²) in [6.07, 6.45) is 15.3. The summed E-state index contributed by atoms with van der Waals surface area (Å²) in [6.45, 7) is 7.96. The van der Waals surface area contributed by atoms with Crippen LogP contribution < -0.4 is 5.73 Å². The van der Waals surface area contributed by atoms with Gasteiger partial charge >= 0.3 is 11.9 Å². The Morgan fingerprint density at radius 1 is 1.12 bits per heavy atom. The van der Waals surface area contributed by atoms with Crippen molar-refractivity contribution in [3.63, 3.8) is 0 Å². The highest BCUT2D eigenvalue weighted by Crippen LogP contribution is 2.43. The molecule has 3 rings (SSSR count). The summed E-state index contributed by atoms with van der Waals surface area (Å²) in [4.78, 5) is 24.7. The number of allylic oxidation sites excluding steroid dienone is 4. The van der Waals surface area contributed by atoms with Crippen molar-refractivity contribution in [3.8, 4) is 0 Å². The normalized spacial score (nSPS) is 26.6. The average molecular weight is 458 g/mol. The Hall–Kier alpha value is -1.88. The maximum atomic E-state index is 12.4. The van der Waals surface area contributed by atoms with E-state index >= 15 is 0 Å². The Bertz CT molecular complexity index is 812. The fraction of sp³-hybridized carbons (Fsp3) is 0.714. The van der Waals surface area contributed by atoms with Gasteiger partial charge in [0.1, 0.15) is 5.60 Å². The predicted octanol–water partition coefficient (Wildman–Crippen LogP) is 5.64. The number of hydrogen-bond donors (Lipinski definition) is 1. The van der Waals surface area contributed by atoms with Crippen LogP contribution in [0.25, 0.3) is 0 Å². The Morgan fingerprint density at radius 3 is 2.48 bits per heavy atom. The summed E-state index contributed by atoms with van der Waals surface area (Å²) in [5.41, 5.74) is 9.49. The van der Waals surface area contributed by atoms with E-state index in [-0.39, 0.29) is 30.3 Å². The smallest absolute Gasteiger partial charge is 0.313 e. The van der Waals surface area contributed by atoms with Crippen molar-refractivity contribution in [1.82, 2.24) is 0 Å². The van der Waals surface area contributed by atoms with Crippen molar-refractivity contribution in [2.45, 2.75) is 97.1 Å². The van der Waals surface area contributed by atoms with Crippen molar-refractivity contribution in [1.29, 1.82) is 0 Å². The van der Waals surface area contributed by atoms with E-state index in [1.807, 2.05) is 20.8 Å². The van der Waals surface area contributed by atoms with E-state index in [2.05, 4.69) is 25.2 Å². The molecule has 0 aromatic heterocycles. The van der Waals surface area contributed by atoms with E-state index in [1.54, 1.807) is 0 Å². The first-order chi connectivity index (χ1) is 15.6. The Balaban J connectivity index is 1.54. The molecule has 0 spiro atoms.